The Labute approximate surface area is 113 Å². The first-order chi connectivity index (χ1) is 9.52. The highest BCUT2D eigenvalue weighted by Gasteiger charge is 2.28. The maximum atomic E-state index is 12.0. The maximum absolute atomic E-state index is 12.0. The average molecular weight is 276 g/mol. The molecule has 0 aromatic heterocycles. The van der Waals surface area contributed by atoms with E-state index in [0.29, 0.717) is 0 Å². The van der Waals surface area contributed by atoms with Gasteiger partial charge < -0.3 is 11.1 Å². The van der Waals surface area contributed by atoms with Crippen molar-refractivity contribution in [2.45, 2.75) is 18.9 Å². The van der Waals surface area contributed by atoms with Crippen LogP contribution in [0.3, 0.4) is 0 Å². The number of hydrogen-bond donors (Lipinski definition) is 3. The van der Waals surface area contributed by atoms with Gasteiger partial charge in [0.05, 0.1) is 11.3 Å². The van der Waals surface area contributed by atoms with E-state index in [-0.39, 0.29) is 35.7 Å². The fourth-order valence-electron chi connectivity index (χ4n) is 1.90. The summed E-state index contributed by atoms with van der Waals surface area (Å²) in [7, 11) is 0. The van der Waals surface area contributed by atoms with Crippen molar-refractivity contribution in [1.82, 2.24) is 10.6 Å². The number of rotatable bonds is 3. The third-order valence-electron chi connectivity index (χ3n) is 2.97. The molecule has 1 unspecified atom stereocenters. The van der Waals surface area contributed by atoms with Gasteiger partial charge in [0, 0.05) is 6.42 Å². The molecule has 4 N–H and O–H groups in total. The first-order valence-electron chi connectivity index (χ1n) is 5.89. The zero-order chi connectivity index (χ0) is 14.7. The molecule has 8 nitrogen and oxygen atoms in total. The SMILES string of the molecule is Nc1c(N=O)cccc1C(=O)NC1CCC(=O)NC1=O. The van der Waals surface area contributed by atoms with Crippen LogP contribution in [0.4, 0.5) is 11.4 Å². The van der Waals surface area contributed by atoms with E-state index < -0.39 is 17.9 Å². The molecule has 20 heavy (non-hydrogen) atoms. The number of carbonyl (C=O) groups is 3. The van der Waals surface area contributed by atoms with Crippen molar-refractivity contribution in [1.29, 1.82) is 0 Å². The van der Waals surface area contributed by atoms with Crippen molar-refractivity contribution in [2.75, 3.05) is 5.73 Å². The Morgan fingerprint density at radius 1 is 1.40 bits per heavy atom. The van der Waals surface area contributed by atoms with Gasteiger partial charge >= 0.3 is 0 Å². The Hall–Kier alpha value is -2.77. The number of nitrogen functional groups attached to an aromatic ring is 1. The van der Waals surface area contributed by atoms with Gasteiger partial charge in [0.1, 0.15) is 11.7 Å². The number of nitrogens with zero attached hydrogens (tertiary/aromatic N) is 1. The molecule has 1 aliphatic rings. The van der Waals surface area contributed by atoms with E-state index in [1.807, 2.05) is 0 Å². The van der Waals surface area contributed by atoms with Crippen LogP contribution < -0.4 is 16.4 Å². The topological polar surface area (TPSA) is 131 Å². The van der Waals surface area contributed by atoms with Gasteiger partial charge in [-0.3, -0.25) is 19.7 Å². The largest absolute Gasteiger partial charge is 0.396 e. The van der Waals surface area contributed by atoms with Crippen LogP contribution in [0.25, 0.3) is 0 Å². The molecular weight excluding hydrogens is 264 g/mol. The summed E-state index contributed by atoms with van der Waals surface area (Å²) in [5.41, 5.74) is 5.62. The summed E-state index contributed by atoms with van der Waals surface area (Å²) in [5, 5.41) is 7.31. The van der Waals surface area contributed by atoms with Gasteiger partial charge in [-0.2, -0.15) is 0 Å². The number of nitrogens with one attached hydrogen (secondary N) is 2. The van der Waals surface area contributed by atoms with Crippen molar-refractivity contribution in [3.63, 3.8) is 0 Å². The van der Waals surface area contributed by atoms with Gasteiger partial charge in [-0.1, -0.05) is 6.07 Å². The maximum Gasteiger partial charge on any atom is 0.254 e. The number of nitroso groups, excluding NO2 is 1. The fraction of sp³-hybridized carbons (Fsp3) is 0.250. The molecule has 1 saturated heterocycles. The minimum absolute atomic E-state index is 0.0408. The zero-order valence-corrected chi connectivity index (χ0v) is 10.4. The van der Waals surface area contributed by atoms with Crippen LogP contribution in [0.1, 0.15) is 23.2 Å². The Morgan fingerprint density at radius 3 is 2.80 bits per heavy atom. The number of hydrogen-bond acceptors (Lipinski definition) is 6. The molecule has 1 fully saturated rings. The van der Waals surface area contributed by atoms with E-state index in [0.717, 1.165) is 0 Å². The lowest BCUT2D eigenvalue weighted by molar-refractivity contribution is -0.134. The molecule has 8 heteroatoms. The lowest BCUT2D eigenvalue weighted by Gasteiger charge is -2.22. The molecule has 0 aliphatic carbocycles. The Bertz CT molecular complexity index is 599. The number of amides is 3. The highest BCUT2D eigenvalue weighted by molar-refractivity contribution is 6.06. The third-order valence-corrected chi connectivity index (χ3v) is 2.97. The van der Waals surface area contributed by atoms with Crippen LogP contribution in [0.15, 0.2) is 23.4 Å². The number of imide groups is 1. The molecule has 1 atom stereocenters. The second-order valence-electron chi connectivity index (χ2n) is 4.31. The molecule has 3 amide bonds. The Kier molecular flexibility index (Phi) is 3.74. The normalized spacial score (nSPS) is 18.3. The zero-order valence-electron chi connectivity index (χ0n) is 10.4. The van der Waals surface area contributed by atoms with Crippen LogP contribution in [0.2, 0.25) is 0 Å². The molecule has 0 radical (unpaired) electrons. The van der Waals surface area contributed by atoms with Crippen LogP contribution >= 0.6 is 0 Å². The van der Waals surface area contributed by atoms with E-state index >= 15 is 0 Å². The molecular formula is C12H12N4O4. The lowest BCUT2D eigenvalue weighted by Crippen LogP contribution is -2.52. The summed E-state index contributed by atoms with van der Waals surface area (Å²) >= 11 is 0. The summed E-state index contributed by atoms with van der Waals surface area (Å²) in [6.45, 7) is 0. The van der Waals surface area contributed by atoms with Crippen LogP contribution in [0.5, 0.6) is 0 Å². The molecule has 0 bridgehead atoms. The molecule has 1 aromatic carbocycles. The summed E-state index contributed by atoms with van der Waals surface area (Å²) in [5.74, 6) is -1.52. The van der Waals surface area contributed by atoms with Crippen molar-refractivity contribution in [2.24, 2.45) is 5.18 Å². The van der Waals surface area contributed by atoms with Crippen molar-refractivity contribution < 1.29 is 14.4 Å². The van der Waals surface area contributed by atoms with Gasteiger partial charge in [-0.25, -0.2) is 0 Å². The highest BCUT2D eigenvalue weighted by Crippen LogP contribution is 2.25. The van der Waals surface area contributed by atoms with Gasteiger partial charge in [0.2, 0.25) is 11.8 Å². The van der Waals surface area contributed by atoms with Crippen LogP contribution in [-0.4, -0.2) is 23.8 Å². The van der Waals surface area contributed by atoms with Crippen molar-refractivity contribution in [3.05, 3.63) is 28.7 Å². The number of para-hydroxylation sites is 1. The molecule has 104 valence electrons. The monoisotopic (exact) mass is 276 g/mol. The molecule has 1 aromatic rings. The van der Waals surface area contributed by atoms with Gasteiger partial charge in [-0.15, -0.1) is 4.91 Å². The summed E-state index contributed by atoms with van der Waals surface area (Å²) in [6, 6.07) is 3.47. The first-order valence-corrected chi connectivity index (χ1v) is 5.89. The van der Waals surface area contributed by atoms with Crippen LogP contribution in [0, 0.1) is 4.91 Å². The first kappa shape index (κ1) is 13.7. The Balaban J connectivity index is 2.15. The molecule has 0 spiro atoms. The minimum Gasteiger partial charge on any atom is -0.396 e. The lowest BCUT2D eigenvalue weighted by atomic mass is 10.0. The van der Waals surface area contributed by atoms with Gasteiger partial charge in [0.15, 0.2) is 0 Å². The summed E-state index contributed by atoms with van der Waals surface area (Å²) in [4.78, 5) is 45.1. The summed E-state index contributed by atoms with van der Waals surface area (Å²) < 4.78 is 0. The average Bonchev–Trinajstić information content (AvgIpc) is 2.42. The van der Waals surface area contributed by atoms with Crippen molar-refractivity contribution >= 4 is 29.1 Å². The predicted octanol–water partition coefficient (Wildman–Crippen LogP) is 0.202. The van der Waals surface area contributed by atoms with E-state index in [1.165, 1.54) is 18.2 Å². The van der Waals surface area contributed by atoms with E-state index in [4.69, 9.17) is 5.73 Å². The standard InChI is InChI=1S/C12H12N4O4/c13-10-6(2-1-3-7(10)16-20)11(18)14-8-4-5-9(17)15-12(8)19/h1-3,8H,4-5,13H2,(H,14,18)(H,15,17,19). The van der Waals surface area contributed by atoms with E-state index in [9.17, 15) is 19.3 Å². The number of benzene rings is 1. The number of carbonyl (C=O) groups excluding carboxylic acids is 3. The second kappa shape index (κ2) is 5.47. The fourth-order valence-corrected chi connectivity index (χ4v) is 1.90. The number of piperidine rings is 1. The smallest absolute Gasteiger partial charge is 0.254 e. The third kappa shape index (κ3) is 2.63. The van der Waals surface area contributed by atoms with E-state index in [2.05, 4.69) is 15.8 Å². The Morgan fingerprint density at radius 2 is 2.15 bits per heavy atom. The quantitative estimate of drug-likeness (QED) is 0.412. The molecule has 1 aliphatic heterocycles. The molecule has 0 saturated carbocycles. The minimum atomic E-state index is -0.799. The summed E-state index contributed by atoms with van der Waals surface area (Å²) in [6.07, 6.45) is 0.379. The second-order valence-corrected chi connectivity index (χ2v) is 4.31. The van der Waals surface area contributed by atoms with Gasteiger partial charge in [0.25, 0.3) is 5.91 Å². The number of nitrogens with two attached hydrogens (primary N) is 1. The van der Waals surface area contributed by atoms with Crippen LogP contribution in [-0.2, 0) is 9.59 Å². The van der Waals surface area contributed by atoms with Crippen molar-refractivity contribution in [3.8, 4) is 0 Å². The highest BCUT2D eigenvalue weighted by atomic mass is 16.3. The molecule has 1 heterocycles. The molecule has 2 rings (SSSR count). The van der Waals surface area contributed by atoms with Gasteiger partial charge in [-0.05, 0) is 23.7 Å². The van der Waals surface area contributed by atoms with E-state index in [1.54, 1.807) is 0 Å². The number of anilines is 1. The predicted molar refractivity (Wildman–Crippen MR) is 69.9 cm³/mol.